The van der Waals surface area contributed by atoms with Crippen LogP contribution in [0.4, 0.5) is 11.4 Å². The molecule has 29 heavy (non-hydrogen) atoms. The summed E-state index contributed by atoms with van der Waals surface area (Å²) in [6.45, 7) is 4.13. The Bertz CT molecular complexity index is 949. The first-order valence-electron chi connectivity index (χ1n) is 8.91. The second-order valence-corrected chi connectivity index (χ2v) is 6.47. The van der Waals surface area contributed by atoms with Gasteiger partial charge in [0.1, 0.15) is 17.4 Å². The second-order valence-electron chi connectivity index (χ2n) is 6.47. The molecule has 0 atom stereocenters. The highest BCUT2D eigenvalue weighted by atomic mass is 16.6. The van der Waals surface area contributed by atoms with Crippen LogP contribution in [-0.4, -0.2) is 28.9 Å². The summed E-state index contributed by atoms with van der Waals surface area (Å²) in [6.07, 6.45) is 1.28. The van der Waals surface area contributed by atoms with E-state index in [-0.39, 0.29) is 23.1 Å². The quantitative estimate of drug-likeness (QED) is 0.315. The lowest BCUT2D eigenvalue weighted by atomic mass is 10.1. The molecular formula is C21H22N4O4. The van der Waals surface area contributed by atoms with Crippen LogP contribution in [0.15, 0.2) is 60.3 Å². The SMILES string of the molecule is COc1cc([N+](=O)[O-])ccc1N/C=C(/C#N)C(=O)N(Cc1ccccc1)C(C)C. The smallest absolute Gasteiger partial charge is 0.273 e. The van der Waals surface area contributed by atoms with Crippen LogP contribution in [-0.2, 0) is 11.3 Å². The van der Waals surface area contributed by atoms with Crippen molar-refractivity contribution in [2.24, 2.45) is 0 Å². The zero-order valence-corrected chi connectivity index (χ0v) is 16.5. The minimum atomic E-state index is -0.531. The van der Waals surface area contributed by atoms with Gasteiger partial charge in [-0.25, -0.2) is 0 Å². The number of nitrogens with zero attached hydrogens (tertiary/aromatic N) is 3. The van der Waals surface area contributed by atoms with Crippen molar-refractivity contribution in [2.45, 2.75) is 26.4 Å². The molecule has 0 bridgehead atoms. The summed E-state index contributed by atoms with van der Waals surface area (Å²) in [4.78, 5) is 24.9. The summed E-state index contributed by atoms with van der Waals surface area (Å²) in [5, 5.41) is 23.2. The van der Waals surface area contributed by atoms with Gasteiger partial charge in [0.2, 0.25) is 0 Å². The molecule has 0 heterocycles. The lowest BCUT2D eigenvalue weighted by Gasteiger charge is -2.26. The number of nitro groups is 1. The molecule has 1 amide bonds. The highest BCUT2D eigenvalue weighted by Gasteiger charge is 2.21. The number of benzene rings is 2. The molecule has 8 heteroatoms. The van der Waals surface area contributed by atoms with Crippen molar-refractivity contribution >= 4 is 17.3 Å². The van der Waals surface area contributed by atoms with Crippen molar-refractivity contribution in [3.63, 3.8) is 0 Å². The van der Waals surface area contributed by atoms with Gasteiger partial charge in [-0.05, 0) is 25.5 Å². The molecule has 1 N–H and O–H groups in total. The maximum absolute atomic E-state index is 12.9. The Morgan fingerprint density at radius 2 is 2.00 bits per heavy atom. The Balaban J connectivity index is 2.24. The Kier molecular flexibility index (Phi) is 7.32. The first kappa shape index (κ1) is 21.4. The van der Waals surface area contributed by atoms with Crippen molar-refractivity contribution in [1.82, 2.24) is 4.90 Å². The normalized spacial score (nSPS) is 10.9. The molecule has 0 fully saturated rings. The van der Waals surface area contributed by atoms with E-state index in [4.69, 9.17) is 4.74 Å². The van der Waals surface area contributed by atoms with Crippen LogP contribution < -0.4 is 10.1 Å². The molecule has 0 aliphatic carbocycles. The molecule has 0 aromatic heterocycles. The molecule has 0 saturated carbocycles. The molecule has 2 aromatic carbocycles. The lowest BCUT2D eigenvalue weighted by molar-refractivity contribution is -0.384. The third-order valence-electron chi connectivity index (χ3n) is 4.20. The lowest BCUT2D eigenvalue weighted by Crippen LogP contribution is -2.37. The summed E-state index contributed by atoms with van der Waals surface area (Å²) in [7, 11) is 1.38. The molecule has 8 nitrogen and oxygen atoms in total. The van der Waals surface area contributed by atoms with E-state index in [2.05, 4.69) is 5.32 Å². The Morgan fingerprint density at radius 3 is 2.55 bits per heavy atom. The topological polar surface area (TPSA) is 108 Å². The number of nitriles is 1. The third kappa shape index (κ3) is 5.56. The Labute approximate surface area is 169 Å². The van der Waals surface area contributed by atoms with Crippen molar-refractivity contribution in [2.75, 3.05) is 12.4 Å². The minimum absolute atomic E-state index is 0.0879. The van der Waals surface area contributed by atoms with Crippen LogP contribution in [0.1, 0.15) is 19.4 Å². The van der Waals surface area contributed by atoms with Crippen molar-refractivity contribution in [1.29, 1.82) is 5.26 Å². The molecule has 0 aliphatic heterocycles. The van der Waals surface area contributed by atoms with E-state index in [1.165, 1.54) is 31.5 Å². The summed E-state index contributed by atoms with van der Waals surface area (Å²) >= 11 is 0. The molecule has 0 aliphatic rings. The van der Waals surface area contributed by atoms with Gasteiger partial charge in [-0.3, -0.25) is 14.9 Å². The number of rotatable bonds is 8. The number of anilines is 1. The molecule has 2 aromatic rings. The van der Waals surface area contributed by atoms with Crippen molar-refractivity contribution in [3.05, 3.63) is 76.0 Å². The number of ether oxygens (including phenoxy) is 1. The van der Waals surface area contributed by atoms with Crippen LogP contribution in [0.5, 0.6) is 5.75 Å². The van der Waals surface area contributed by atoms with Crippen LogP contribution in [0, 0.1) is 21.4 Å². The summed E-state index contributed by atoms with van der Waals surface area (Å²) in [5.41, 5.74) is 1.14. The number of carbonyl (C=O) groups is 1. The van der Waals surface area contributed by atoms with Crippen LogP contribution in [0.25, 0.3) is 0 Å². The molecular weight excluding hydrogens is 372 g/mol. The molecule has 150 valence electrons. The fourth-order valence-electron chi connectivity index (χ4n) is 2.63. The average molecular weight is 394 g/mol. The zero-order valence-electron chi connectivity index (χ0n) is 16.5. The highest BCUT2D eigenvalue weighted by molar-refractivity contribution is 5.97. The minimum Gasteiger partial charge on any atom is -0.494 e. The zero-order chi connectivity index (χ0) is 21.4. The maximum atomic E-state index is 12.9. The predicted octanol–water partition coefficient (Wildman–Crippen LogP) is 3.86. The number of non-ortho nitro benzene ring substituents is 1. The monoisotopic (exact) mass is 394 g/mol. The first-order valence-corrected chi connectivity index (χ1v) is 8.91. The van der Waals surface area contributed by atoms with Gasteiger partial charge in [0.25, 0.3) is 11.6 Å². The summed E-state index contributed by atoms with van der Waals surface area (Å²) in [6, 6.07) is 15.3. The van der Waals surface area contributed by atoms with Crippen molar-refractivity contribution in [3.8, 4) is 11.8 Å². The summed E-state index contributed by atoms with van der Waals surface area (Å²) < 4.78 is 5.15. The van der Waals surface area contributed by atoms with E-state index >= 15 is 0 Å². The fourth-order valence-corrected chi connectivity index (χ4v) is 2.63. The van der Waals surface area contributed by atoms with Gasteiger partial charge in [0.15, 0.2) is 0 Å². The molecule has 0 spiro atoms. The van der Waals surface area contributed by atoms with Gasteiger partial charge in [0, 0.05) is 24.9 Å². The standard InChI is InChI=1S/C21H22N4O4/c1-15(2)24(14-16-7-5-4-6-8-16)21(26)17(12-22)13-23-19-10-9-18(25(27)28)11-20(19)29-3/h4-11,13,15,23H,14H2,1-3H3/b17-13-. The largest absolute Gasteiger partial charge is 0.494 e. The number of methoxy groups -OCH3 is 1. The van der Waals surface area contributed by atoms with Crippen LogP contribution in [0.3, 0.4) is 0 Å². The second kappa shape index (κ2) is 9.90. The number of nitro benzene ring substituents is 1. The fraction of sp³-hybridized carbons (Fsp3) is 0.238. The third-order valence-corrected chi connectivity index (χ3v) is 4.20. The Hall–Kier alpha value is -3.86. The van der Waals surface area contributed by atoms with E-state index in [0.29, 0.717) is 12.2 Å². The van der Waals surface area contributed by atoms with E-state index in [1.807, 2.05) is 50.2 Å². The predicted molar refractivity (Wildman–Crippen MR) is 109 cm³/mol. The molecule has 0 saturated heterocycles. The number of nitrogens with one attached hydrogen (secondary N) is 1. The number of carbonyl (C=O) groups excluding carboxylic acids is 1. The first-order chi connectivity index (χ1) is 13.9. The summed E-state index contributed by atoms with van der Waals surface area (Å²) in [5.74, 6) is -0.190. The molecule has 0 radical (unpaired) electrons. The van der Waals surface area contributed by atoms with E-state index in [1.54, 1.807) is 4.90 Å². The number of hydrogen-bond acceptors (Lipinski definition) is 6. The molecule has 2 rings (SSSR count). The van der Waals surface area contributed by atoms with Gasteiger partial charge < -0.3 is 15.0 Å². The number of amides is 1. The highest BCUT2D eigenvalue weighted by Crippen LogP contribution is 2.29. The van der Waals surface area contributed by atoms with E-state index < -0.39 is 10.8 Å². The van der Waals surface area contributed by atoms with Gasteiger partial charge >= 0.3 is 0 Å². The van der Waals surface area contributed by atoms with Gasteiger partial charge in [-0.1, -0.05) is 30.3 Å². The Morgan fingerprint density at radius 1 is 1.31 bits per heavy atom. The van der Waals surface area contributed by atoms with Gasteiger partial charge in [-0.15, -0.1) is 0 Å². The van der Waals surface area contributed by atoms with Crippen molar-refractivity contribution < 1.29 is 14.5 Å². The van der Waals surface area contributed by atoms with E-state index in [9.17, 15) is 20.2 Å². The van der Waals surface area contributed by atoms with Gasteiger partial charge in [0.05, 0.1) is 23.8 Å². The average Bonchev–Trinajstić information content (AvgIpc) is 2.72. The van der Waals surface area contributed by atoms with Gasteiger partial charge in [-0.2, -0.15) is 5.26 Å². The van der Waals surface area contributed by atoms with Crippen LogP contribution in [0.2, 0.25) is 0 Å². The number of hydrogen-bond donors (Lipinski definition) is 1. The maximum Gasteiger partial charge on any atom is 0.273 e. The van der Waals surface area contributed by atoms with Crippen LogP contribution >= 0.6 is 0 Å². The molecule has 0 unspecified atom stereocenters. The van der Waals surface area contributed by atoms with E-state index in [0.717, 1.165) is 5.56 Å².